The van der Waals surface area contributed by atoms with Crippen molar-refractivity contribution in [2.45, 2.75) is 0 Å². The molecular weight excluding hydrogens is 305 g/mol. The molecular formula is C15H10FN3S2. The van der Waals surface area contributed by atoms with Crippen LogP contribution in [0.15, 0.2) is 41.8 Å². The Bertz CT molecular complexity index is 907. The molecule has 0 saturated heterocycles. The topological polar surface area (TPSA) is 54.7 Å². The number of anilines is 1. The molecule has 0 fully saturated rings. The summed E-state index contributed by atoms with van der Waals surface area (Å²) in [7, 11) is 0. The fourth-order valence-electron chi connectivity index (χ4n) is 2.36. The summed E-state index contributed by atoms with van der Waals surface area (Å²) in [6.45, 7) is 0. The maximum atomic E-state index is 14.1. The van der Waals surface area contributed by atoms with Gasteiger partial charge in [0.1, 0.15) is 5.82 Å². The maximum absolute atomic E-state index is 14.1. The molecule has 4 aromatic rings. The Kier molecular flexibility index (Phi) is 2.80. The molecule has 0 atom stereocenters. The monoisotopic (exact) mass is 315 g/mol. The summed E-state index contributed by atoms with van der Waals surface area (Å²) in [6.07, 6.45) is 0. The van der Waals surface area contributed by atoms with Gasteiger partial charge in [-0.05, 0) is 23.6 Å². The van der Waals surface area contributed by atoms with E-state index in [1.165, 1.54) is 15.5 Å². The summed E-state index contributed by atoms with van der Waals surface area (Å²) in [5.41, 5.74) is 7.81. The number of thiophene rings is 2. The molecule has 0 unspecified atom stereocenters. The first-order chi connectivity index (χ1) is 10.2. The molecule has 3 N–H and O–H groups in total. The number of hydrogen-bond acceptors (Lipinski definition) is 4. The Morgan fingerprint density at radius 3 is 2.81 bits per heavy atom. The van der Waals surface area contributed by atoms with E-state index < -0.39 is 0 Å². The maximum Gasteiger partial charge on any atom is 0.153 e. The summed E-state index contributed by atoms with van der Waals surface area (Å²) in [5, 5.41) is 9.06. The van der Waals surface area contributed by atoms with Crippen molar-refractivity contribution in [3.8, 4) is 21.7 Å². The highest BCUT2D eigenvalue weighted by molar-refractivity contribution is 7.28. The highest BCUT2D eigenvalue weighted by Crippen LogP contribution is 2.41. The van der Waals surface area contributed by atoms with E-state index in [4.69, 9.17) is 5.73 Å². The standard InChI is InChI=1S/C15H10FN3S2/c16-9-4-2-1-3-8(9)13-14(18-19-15(13)17)12-7-11-10(21-12)5-6-20-11/h1-7H,(H3,17,18,19). The molecule has 6 heteroatoms. The van der Waals surface area contributed by atoms with E-state index in [0.29, 0.717) is 16.9 Å². The Hall–Kier alpha value is -2.18. The van der Waals surface area contributed by atoms with Gasteiger partial charge in [-0.1, -0.05) is 18.2 Å². The SMILES string of the molecule is Nc1n[nH]c(-c2cc3sccc3s2)c1-c1ccccc1F. The normalized spacial score (nSPS) is 11.3. The van der Waals surface area contributed by atoms with Crippen molar-refractivity contribution < 1.29 is 4.39 Å². The third-order valence-corrected chi connectivity index (χ3v) is 5.43. The molecule has 0 saturated carbocycles. The molecule has 3 nitrogen and oxygen atoms in total. The average Bonchev–Trinajstić information content (AvgIpc) is 3.13. The quantitative estimate of drug-likeness (QED) is 0.561. The van der Waals surface area contributed by atoms with Crippen molar-refractivity contribution in [2.24, 2.45) is 0 Å². The van der Waals surface area contributed by atoms with Crippen LogP contribution in [0.2, 0.25) is 0 Å². The second-order valence-electron chi connectivity index (χ2n) is 4.60. The minimum Gasteiger partial charge on any atom is -0.382 e. The van der Waals surface area contributed by atoms with Gasteiger partial charge in [0.05, 0.1) is 16.1 Å². The summed E-state index contributed by atoms with van der Waals surface area (Å²) in [4.78, 5) is 1.01. The smallest absolute Gasteiger partial charge is 0.153 e. The Balaban J connectivity index is 1.95. The number of halogens is 1. The zero-order chi connectivity index (χ0) is 14.4. The number of aromatic amines is 1. The van der Waals surface area contributed by atoms with E-state index in [1.807, 2.05) is 0 Å². The average molecular weight is 315 g/mol. The first kappa shape index (κ1) is 12.6. The van der Waals surface area contributed by atoms with Crippen molar-refractivity contribution in [1.29, 1.82) is 0 Å². The van der Waals surface area contributed by atoms with Crippen LogP contribution in [0.5, 0.6) is 0 Å². The molecule has 21 heavy (non-hydrogen) atoms. The molecule has 3 aromatic heterocycles. The van der Waals surface area contributed by atoms with Gasteiger partial charge in [-0.3, -0.25) is 5.10 Å². The lowest BCUT2D eigenvalue weighted by Crippen LogP contribution is -1.90. The summed E-state index contributed by atoms with van der Waals surface area (Å²) >= 11 is 3.33. The third-order valence-electron chi connectivity index (χ3n) is 3.32. The lowest BCUT2D eigenvalue weighted by Gasteiger charge is -2.04. The molecule has 0 radical (unpaired) electrons. The molecule has 0 aliphatic carbocycles. The van der Waals surface area contributed by atoms with E-state index in [-0.39, 0.29) is 5.82 Å². The van der Waals surface area contributed by atoms with Gasteiger partial charge < -0.3 is 5.73 Å². The number of benzene rings is 1. The number of H-pyrrole nitrogens is 1. The Morgan fingerprint density at radius 2 is 2.00 bits per heavy atom. The number of hydrogen-bond donors (Lipinski definition) is 2. The Labute approximate surface area is 127 Å². The molecule has 0 aliphatic heterocycles. The van der Waals surface area contributed by atoms with Gasteiger partial charge in [-0.2, -0.15) is 5.10 Å². The second-order valence-corrected chi connectivity index (χ2v) is 6.63. The van der Waals surface area contributed by atoms with Gasteiger partial charge >= 0.3 is 0 Å². The molecule has 3 heterocycles. The van der Waals surface area contributed by atoms with E-state index in [2.05, 4.69) is 27.7 Å². The molecule has 4 rings (SSSR count). The van der Waals surface area contributed by atoms with Crippen LogP contribution >= 0.6 is 22.7 Å². The number of nitrogens with zero attached hydrogens (tertiary/aromatic N) is 1. The summed E-state index contributed by atoms with van der Waals surface area (Å²) in [5.74, 6) is 0.0112. The van der Waals surface area contributed by atoms with Gasteiger partial charge in [-0.15, -0.1) is 22.7 Å². The van der Waals surface area contributed by atoms with E-state index >= 15 is 0 Å². The van der Waals surface area contributed by atoms with Gasteiger partial charge in [0.15, 0.2) is 5.82 Å². The summed E-state index contributed by atoms with van der Waals surface area (Å²) < 4.78 is 16.5. The lowest BCUT2D eigenvalue weighted by atomic mass is 10.0. The van der Waals surface area contributed by atoms with Crippen molar-refractivity contribution in [2.75, 3.05) is 5.73 Å². The molecule has 0 bridgehead atoms. The van der Waals surface area contributed by atoms with Crippen LogP contribution in [-0.4, -0.2) is 10.2 Å². The fourth-order valence-corrected chi connectivity index (χ4v) is 4.47. The molecule has 104 valence electrons. The van der Waals surface area contributed by atoms with E-state index in [1.54, 1.807) is 40.9 Å². The summed E-state index contributed by atoms with van der Waals surface area (Å²) in [6, 6.07) is 10.8. The van der Waals surface area contributed by atoms with Crippen molar-refractivity contribution in [1.82, 2.24) is 10.2 Å². The number of nitrogen functional groups attached to an aromatic ring is 1. The van der Waals surface area contributed by atoms with Crippen LogP contribution in [0.3, 0.4) is 0 Å². The van der Waals surface area contributed by atoms with Crippen LogP contribution < -0.4 is 5.73 Å². The second kappa shape index (κ2) is 4.68. The van der Waals surface area contributed by atoms with Gasteiger partial charge in [0.2, 0.25) is 0 Å². The number of nitrogens with two attached hydrogens (primary N) is 1. The van der Waals surface area contributed by atoms with Crippen molar-refractivity contribution in [3.63, 3.8) is 0 Å². The predicted octanol–water partition coefficient (Wildman–Crippen LogP) is 4.74. The molecule has 1 aromatic carbocycles. The number of fused-ring (bicyclic) bond motifs is 1. The minimum absolute atomic E-state index is 0.301. The van der Waals surface area contributed by atoms with Crippen LogP contribution in [-0.2, 0) is 0 Å². The predicted molar refractivity (Wildman–Crippen MR) is 87.1 cm³/mol. The van der Waals surface area contributed by atoms with Gasteiger partial charge in [0, 0.05) is 15.0 Å². The molecule has 0 spiro atoms. The highest BCUT2D eigenvalue weighted by atomic mass is 32.1. The number of rotatable bonds is 2. The zero-order valence-corrected chi connectivity index (χ0v) is 12.4. The molecule has 0 aliphatic rings. The number of aromatic nitrogens is 2. The number of nitrogens with one attached hydrogen (secondary N) is 1. The van der Waals surface area contributed by atoms with Crippen LogP contribution in [0.1, 0.15) is 0 Å². The lowest BCUT2D eigenvalue weighted by molar-refractivity contribution is 0.631. The van der Waals surface area contributed by atoms with Crippen molar-refractivity contribution >= 4 is 37.9 Å². The van der Waals surface area contributed by atoms with Crippen LogP contribution in [0.4, 0.5) is 10.2 Å². The third kappa shape index (κ3) is 1.95. The molecule has 0 amide bonds. The highest BCUT2D eigenvalue weighted by Gasteiger charge is 2.19. The first-order valence-electron chi connectivity index (χ1n) is 6.30. The van der Waals surface area contributed by atoms with Crippen LogP contribution in [0, 0.1) is 5.82 Å². The first-order valence-corrected chi connectivity index (χ1v) is 8.00. The van der Waals surface area contributed by atoms with Gasteiger partial charge in [-0.25, -0.2) is 4.39 Å². The fraction of sp³-hybridized carbons (Fsp3) is 0. The Morgan fingerprint density at radius 1 is 1.14 bits per heavy atom. The zero-order valence-electron chi connectivity index (χ0n) is 10.8. The van der Waals surface area contributed by atoms with Crippen molar-refractivity contribution in [3.05, 3.63) is 47.6 Å². The largest absolute Gasteiger partial charge is 0.382 e. The van der Waals surface area contributed by atoms with Crippen LogP contribution in [0.25, 0.3) is 31.1 Å². The van der Waals surface area contributed by atoms with E-state index in [9.17, 15) is 4.39 Å². The van der Waals surface area contributed by atoms with Gasteiger partial charge in [0.25, 0.3) is 0 Å². The minimum atomic E-state index is -0.301. The van der Waals surface area contributed by atoms with E-state index in [0.717, 1.165) is 10.6 Å².